The lowest BCUT2D eigenvalue weighted by Crippen LogP contribution is -2.51. The average molecular weight is 408 g/mol. The Bertz CT molecular complexity index is 1060. The monoisotopic (exact) mass is 408 g/mol. The summed E-state index contributed by atoms with van der Waals surface area (Å²) in [5, 5.41) is 11.2. The number of nitrogens with zero attached hydrogens (tertiary/aromatic N) is 4. The summed E-state index contributed by atoms with van der Waals surface area (Å²) >= 11 is 0. The number of nitro benzene ring substituents is 1. The molecule has 0 unspecified atom stereocenters. The standard InChI is InChI=1S/C21H20N4O5/c1-14-4-2-5-15(12-14)22-8-10-23(11-9-22)18(26)13-24-20(27)16-6-3-7-17(25(29)30)19(16)21(24)28/h2-7,12H,8-11,13H2,1H3. The molecule has 9 heteroatoms. The SMILES string of the molecule is Cc1cccc(N2CCN(C(=O)CN3C(=O)c4cccc([N+](=O)[O-])c4C3=O)CC2)c1. The lowest BCUT2D eigenvalue weighted by molar-refractivity contribution is -0.385. The topological polar surface area (TPSA) is 104 Å². The van der Waals surface area contributed by atoms with Crippen molar-refractivity contribution in [1.29, 1.82) is 0 Å². The molecule has 2 aliphatic heterocycles. The molecule has 9 nitrogen and oxygen atoms in total. The Kier molecular flexibility index (Phi) is 4.94. The Balaban J connectivity index is 1.43. The number of nitro groups is 1. The quantitative estimate of drug-likeness (QED) is 0.434. The van der Waals surface area contributed by atoms with Crippen LogP contribution in [0.4, 0.5) is 11.4 Å². The molecule has 0 spiro atoms. The van der Waals surface area contributed by atoms with E-state index in [1.807, 2.05) is 25.1 Å². The molecule has 0 aromatic heterocycles. The molecule has 0 atom stereocenters. The summed E-state index contributed by atoms with van der Waals surface area (Å²) < 4.78 is 0. The van der Waals surface area contributed by atoms with Crippen LogP contribution in [0, 0.1) is 17.0 Å². The zero-order valence-electron chi connectivity index (χ0n) is 16.4. The second kappa shape index (κ2) is 7.58. The summed E-state index contributed by atoms with van der Waals surface area (Å²) in [6.45, 7) is 3.82. The Morgan fingerprint density at radius 3 is 2.40 bits per heavy atom. The van der Waals surface area contributed by atoms with Crippen molar-refractivity contribution in [3.63, 3.8) is 0 Å². The second-order valence-corrected chi connectivity index (χ2v) is 7.36. The van der Waals surface area contributed by atoms with E-state index < -0.39 is 29.0 Å². The molecule has 2 heterocycles. The van der Waals surface area contributed by atoms with Crippen molar-refractivity contribution < 1.29 is 19.3 Å². The number of hydrogen-bond donors (Lipinski definition) is 0. The summed E-state index contributed by atoms with van der Waals surface area (Å²) in [4.78, 5) is 53.1. The maximum absolute atomic E-state index is 12.7. The lowest BCUT2D eigenvalue weighted by atomic mass is 10.1. The Labute approximate surface area is 172 Å². The molecular formula is C21H20N4O5. The molecule has 0 bridgehead atoms. The van der Waals surface area contributed by atoms with Gasteiger partial charge in [-0.1, -0.05) is 18.2 Å². The normalized spacial score (nSPS) is 16.1. The zero-order chi connectivity index (χ0) is 21.4. The molecule has 3 amide bonds. The number of piperazine rings is 1. The number of aryl methyl sites for hydroxylation is 1. The summed E-state index contributed by atoms with van der Waals surface area (Å²) in [5.74, 6) is -1.82. The Morgan fingerprint density at radius 2 is 1.73 bits per heavy atom. The maximum atomic E-state index is 12.7. The van der Waals surface area contributed by atoms with Gasteiger partial charge >= 0.3 is 0 Å². The summed E-state index contributed by atoms with van der Waals surface area (Å²) in [5.41, 5.74) is 1.55. The smallest absolute Gasteiger partial charge is 0.282 e. The molecule has 0 saturated carbocycles. The summed E-state index contributed by atoms with van der Waals surface area (Å²) in [7, 11) is 0. The van der Waals surface area contributed by atoms with Gasteiger partial charge in [-0.15, -0.1) is 0 Å². The first-order chi connectivity index (χ1) is 14.4. The number of rotatable bonds is 4. The van der Waals surface area contributed by atoms with Gasteiger partial charge in [0.05, 0.1) is 10.5 Å². The molecule has 0 aliphatic carbocycles. The number of carbonyl (C=O) groups is 3. The van der Waals surface area contributed by atoms with Crippen LogP contribution in [-0.4, -0.2) is 65.2 Å². The number of imide groups is 1. The van der Waals surface area contributed by atoms with Gasteiger partial charge in [0.2, 0.25) is 5.91 Å². The van der Waals surface area contributed by atoms with Gasteiger partial charge in [0.1, 0.15) is 12.1 Å². The molecule has 154 valence electrons. The highest BCUT2D eigenvalue weighted by molar-refractivity contribution is 6.24. The molecule has 2 aromatic carbocycles. The van der Waals surface area contributed by atoms with Gasteiger partial charge in [-0.25, -0.2) is 0 Å². The van der Waals surface area contributed by atoms with Crippen molar-refractivity contribution in [2.45, 2.75) is 6.92 Å². The van der Waals surface area contributed by atoms with E-state index in [0.29, 0.717) is 26.2 Å². The molecule has 30 heavy (non-hydrogen) atoms. The highest BCUT2D eigenvalue weighted by atomic mass is 16.6. The largest absolute Gasteiger partial charge is 0.368 e. The van der Waals surface area contributed by atoms with Crippen LogP contribution in [0.1, 0.15) is 26.3 Å². The van der Waals surface area contributed by atoms with Gasteiger partial charge in [0.15, 0.2) is 0 Å². The van der Waals surface area contributed by atoms with Gasteiger partial charge in [-0.2, -0.15) is 0 Å². The van der Waals surface area contributed by atoms with Gasteiger partial charge < -0.3 is 9.80 Å². The van der Waals surface area contributed by atoms with Crippen LogP contribution >= 0.6 is 0 Å². The number of hydrogen-bond acceptors (Lipinski definition) is 6. The minimum Gasteiger partial charge on any atom is -0.368 e. The van der Waals surface area contributed by atoms with E-state index in [-0.39, 0.29) is 17.0 Å². The van der Waals surface area contributed by atoms with E-state index in [4.69, 9.17) is 0 Å². The van der Waals surface area contributed by atoms with Crippen LogP contribution in [0.25, 0.3) is 0 Å². The van der Waals surface area contributed by atoms with E-state index in [2.05, 4.69) is 11.0 Å². The first-order valence-corrected chi connectivity index (χ1v) is 9.60. The van der Waals surface area contributed by atoms with Gasteiger partial charge in [0.25, 0.3) is 17.5 Å². The van der Waals surface area contributed by atoms with Crippen LogP contribution in [0.2, 0.25) is 0 Å². The van der Waals surface area contributed by atoms with Crippen molar-refractivity contribution in [2.24, 2.45) is 0 Å². The average Bonchev–Trinajstić information content (AvgIpc) is 2.98. The van der Waals surface area contributed by atoms with Crippen molar-refractivity contribution in [3.8, 4) is 0 Å². The van der Waals surface area contributed by atoms with E-state index in [1.165, 1.54) is 18.2 Å². The van der Waals surface area contributed by atoms with Crippen molar-refractivity contribution in [2.75, 3.05) is 37.6 Å². The first-order valence-electron chi connectivity index (χ1n) is 9.60. The number of anilines is 1. The zero-order valence-corrected chi connectivity index (χ0v) is 16.4. The van der Waals surface area contributed by atoms with Gasteiger partial charge in [0, 0.05) is 37.9 Å². The first kappa shape index (κ1) is 19.6. The van der Waals surface area contributed by atoms with Crippen molar-refractivity contribution in [3.05, 3.63) is 69.3 Å². The fourth-order valence-corrected chi connectivity index (χ4v) is 3.89. The van der Waals surface area contributed by atoms with E-state index in [9.17, 15) is 24.5 Å². The molecular weight excluding hydrogens is 388 g/mol. The number of amides is 3. The van der Waals surface area contributed by atoms with Crippen LogP contribution in [0.15, 0.2) is 42.5 Å². The Morgan fingerprint density at radius 1 is 1.03 bits per heavy atom. The fraction of sp³-hybridized carbons (Fsp3) is 0.286. The fourth-order valence-electron chi connectivity index (χ4n) is 3.89. The summed E-state index contributed by atoms with van der Waals surface area (Å²) in [6.07, 6.45) is 0. The number of carbonyl (C=O) groups excluding carboxylic acids is 3. The van der Waals surface area contributed by atoms with Crippen molar-refractivity contribution in [1.82, 2.24) is 9.80 Å². The molecule has 4 rings (SSSR count). The minimum absolute atomic E-state index is 0.0359. The number of fused-ring (bicyclic) bond motifs is 1. The maximum Gasteiger partial charge on any atom is 0.282 e. The predicted molar refractivity (Wildman–Crippen MR) is 108 cm³/mol. The van der Waals surface area contributed by atoms with Crippen LogP contribution in [-0.2, 0) is 4.79 Å². The van der Waals surface area contributed by atoms with Crippen molar-refractivity contribution >= 4 is 29.1 Å². The van der Waals surface area contributed by atoms with E-state index in [0.717, 1.165) is 16.2 Å². The molecule has 1 fully saturated rings. The molecule has 2 aliphatic rings. The van der Waals surface area contributed by atoms with Crippen LogP contribution < -0.4 is 4.90 Å². The highest BCUT2D eigenvalue weighted by Crippen LogP contribution is 2.30. The molecule has 0 radical (unpaired) electrons. The molecule has 2 aromatic rings. The van der Waals surface area contributed by atoms with E-state index in [1.54, 1.807) is 4.90 Å². The molecule has 1 saturated heterocycles. The second-order valence-electron chi connectivity index (χ2n) is 7.36. The van der Waals surface area contributed by atoms with Gasteiger partial charge in [-0.3, -0.25) is 29.4 Å². The lowest BCUT2D eigenvalue weighted by Gasteiger charge is -2.36. The molecule has 0 N–H and O–H groups in total. The Hall–Kier alpha value is -3.75. The third-order valence-corrected chi connectivity index (χ3v) is 5.47. The minimum atomic E-state index is -0.797. The summed E-state index contributed by atoms with van der Waals surface area (Å²) in [6, 6.07) is 12.0. The van der Waals surface area contributed by atoms with E-state index >= 15 is 0 Å². The van der Waals surface area contributed by atoms with Crippen LogP contribution in [0.5, 0.6) is 0 Å². The highest BCUT2D eigenvalue weighted by Gasteiger charge is 2.42. The third kappa shape index (κ3) is 3.38. The third-order valence-electron chi connectivity index (χ3n) is 5.47. The number of benzene rings is 2. The predicted octanol–water partition coefficient (Wildman–Crippen LogP) is 1.85. The van der Waals surface area contributed by atoms with Crippen LogP contribution in [0.3, 0.4) is 0 Å². The van der Waals surface area contributed by atoms with Gasteiger partial charge in [-0.05, 0) is 30.7 Å².